The van der Waals surface area contributed by atoms with Crippen molar-refractivity contribution in [2.24, 2.45) is 0 Å². The minimum absolute atomic E-state index is 0.00566. The van der Waals surface area contributed by atoms with Gasteiger partial charge in [0, 0.05) is 35.2 Å². The third-order valence-corrected chi connectivity index (χ3v) is 19.9. The average Bonchev–Trinajstić information content (AvgIpc) is 0.767. The van der Waals surface area contributed by atoms with Crippen LogP contribution in [0, 0.1) is 0 Å². The number of carboxylic acid groups (broad SMARTS) is 1. The number of aliphatic hydroxyl groups is 1. The zero-order valence-corrected chi connectivity index (χ0v) is 61.7. The Labute approximate surface area is 650 Å². The molecular formula is C82H78Cl2N8O20. The number of hydrogen-bond acceptors (Lipinski definition) is 21. The molecule has 0 saturated heterocycles. The molecule has 28 nitrogen and oxygen atoms in total. The summed E-state index contributed by atoms with van der Waals surface area (Å²) in [5, 5.41) is 95.8. The number of hydrogen-bond donors (Lipinski definition) is 15. The Morgan fingerprint density at radius 3 is 1.71 bits per heavy atom. The maximum absolute atomic E-state index is 16.3. The van der Waals surface area contributed by atoms with Gasteiger partial charge in [0.15, 0.2) is 29.0 Å². The molecule has 0 saturated carbocycles. The first-order valence-corrected chi connectivity index (χ1v) is 36.8. The lowest BCUT2D eigenvalue weighted by Gasteiger charge is -2.31. The summed E-state index contributed by atoms with van der Waals surface area (Å²) in [4.78, 5) is 119. The van der Waals surface area contributed by atoms with Gasteiger partial charge < -0.3 is 86.6 Å². The van der Waals surface area contributed by atoms with E-state index in [1.807, 2.05) is 48.5 Å². The molecule has 6 aliphatic heterocycles. The van der Waals surface area contributed by atoms with Crippen LogP contribution in [0.3, 0.4) is 0 Å². The number of phenols is 5. The second-order valence-electron chi connectivity index (χ2n) is 27.3. The number of aliphatic carboxylic acids is 1. The zero-order valence-electron chi connectivity index (χ0n) is 60.2. The highest BCUT2D eigenvalue weighted by Crippen LogP contribution is 2.49. The molecule has 0 unspecified atom stereocenters. The quantitative estimate of drug-likeness (QED) is 0.0280. The van der Waals surface area contributed by atoms with Gasteiger partial charge in [-0.2, -0.15) is 11.0 Å². The number of rotatable bonds is 18. The van der Waals surface area contributed by atoms with E-state index in [-0.39, 0.29) is 111 Å². The Balaban J connectivity index is 0.968. The minimum Gasteiger partial charge on any atom is -0.508 e. The number of phenolic OH excluding ortho intramolecular Hbond substituents is 5. The number of unbranched alkanes of at least 4 members (excludes halogenated alkanes) is 2. The largest absolute Gasteiger partial charge is 0.508 e. The highest BCUT2D eigenvalue weighted by atomic mass is 35.5. The van der Waals surface area contributed by atoms with Crippen molar-refractivity contribution in [3.63, 3.8) is 0 Å². The number of nitrogens with one attached hydrogen (secondary N) is 8. The molecule has 6 aliphatic rings. The van der Waals surface area contributed by atoms with E-state index in [9.17, 15) is 45.3 Å². The van der Waals surface area contributed by atoms with Crippen LogP contribution in [-0.4, -0.2) is 102 Å². The van der Waals surface area contributed by atoms with Gasteiger partial charge >= 0.3 is 5.97 Å². The fourth-order valence-corrected chi connectivity index (χ4v) is 13.9. The number of aryl methyl sites for hydroxylation is 2. The molecule has 6 amide bonds. The molecule has 0 radical (unpaired) electrons. The summed E-state index contributed by atoms with van der Waals surface area (Å²) < 4.78 is 26.3. The van der Waals surface area contributed by atoms with Crippen LogP contribution in [0.5, 0.6) is 69.0 Å². The van der Waals surface area contributed by atoms with Crippen LogP contribution in [0.1, 0.15) is 137 Å². The minimum atomic E-state index is -2.21. The van der Waals surface area contributed by atoms with Crippen molar-refractivity contribution in [3.8, 4) is 80.1 Å². The normalized spacial score (nSPS) is 19.5. The SMILES string of the molecule is CCCCc1ccc(CONCCOc2c3cc4cc2Oc2ccc(cc2Cl)[C@@H](O)[C@@H]2NC(=O)[C@H](NC(=O)[C@@H]4NC(=O)[C@H]4NC(=O)[C@@H](Cc5ccc(c(Cl)c5)O3)NC(=O)[C@@H](NOCc3ccc(CCCC)cc3)c3ccc(O)c(c3)Oc3cc(O)cc4c3)c3ccc(O)c(c3)-c3c(O)cc(O)cc3[C@@H](C(=O)O)NC2=O)cc1. The van der Waals surface area contributed by atoms with E-state index >= 15 is 24.0 Å². The van der Waals surface area contributed by atoms with Crippen LogP contribution in [-0.2, 0) is 75.7 Å². The van der Waals surface area contributed by atoms with Gasteiger partial charge in [-0.15, -0.1) is 0 Å². The first-order chi connectivity index (χ1) is 53.9. The molecule has 15 rings (SSSR count). The van der Waals surface area contributed by atoms with E-state index in [1.165, 1.54) is 72.3 Å². The van der Waals surface area contributed by atoms with Crippen LogP contribution in [0.15, 0.2) is 164 Å². The predicted molar refractivity (Wildman–Crippen MR) is 405 cm³/mol. The molecular weight excluding hydrogens is 1490 g/mol. The maximum Gasteiger partial charge on any atom is 0.330 e. The van der Waals surface area contributed by atoms with Crippen LogP contribution >= 0.6 is 23.2 Å². The third-order valence-electron chi connectivity index (χ3n) is 19.3. The molecule has 112 heavy (non-hydrogen) atoms. The number of carbonyl (C=O) groups is 7. The summed E-state index contributed by atoms with van der Waals surface area (Å²) in [5.41, 5.74) is 7.78. The zero-order chi connectivity index (χ0) is 79.0. The van der Waals surface area contributed by atoms with E-state index in [0.717, 1.165) is 97.7 Å². The van der Waals surface area contributed by atoms with Gasteiger partial charge in [-0.3, -0.25) is 38.4 Å². The van der Waals surface area contributed by atoms with Gasteiger partial charge in [0.1, 0.15) is 89.2 Å². The second-order valence-corrected chi connectivity index (χ2v) is 28.1. The van der Waals surface area contributed by atoms with Crippen LogP contribution in [0.4, 0.5) is 0 Å². The van der Waals surface area contributed by atoms with Gasteiger partial charge in [-0.05, 0) is 160 Å². The van der Waals surface area contributed by atoms with Crippen molar-refractivity contribution in [2.75, 3.05) is 13.2 Å². The van der Waals surface area contributed by atoms with E-state index in [4.69, 9.17) is 51.8 Å². The number of aliphatic hydroxyl groups excluding tert-OH is 1. The summed E-state index contributed by atoms with van der Waals surface area (Å²) in [7, 11) is 0. The molecule has 0 spiro atoms. The monoisotopic (exact) mass is 1560 g/mol. The smallest absolute Gasteiger partial charge is 0.330 e. The second kappa shape index (κ2) is 34.4. The van der Waals surface area contributed by atoms with Crippen LogP contribution < -0.4 is 61.8 Å². The molecule has 9 aromatic rings. The molecule has 15 N–H and O–H groups in total. The topological polar surface area (TPSA) is 413 Å². The number of halogens is 2. The van der Waals surface area contributed by atoms with Gasteiger partial charge in [0.25, 0.3) is 0 Å². The summed E-state index contributed by atoms with van der Waals surface area (Å²) in [6.45, 7) is 4.10. The van der Waals surface area contributed by atoms with Crippen molar-refractivity contribution in [1.82, 2.24) is 42.9 Å². The lowest BCUT2D eigenvalue weighted by atomic mass is 9.89. The van der Waals surface area contributed by atoms with Crippen molar-refractivity contribution in [3.05, 3.63) is 235 Å². The first kappa shape index (κ1) is 78.0. The third kappa shape index (κ3) is 17.8. The number of amides is 6. The Bertz CT molecular complexity index is 5110. The molecule has 8 atom stereocenters. The fourth-order valence-electron chi connectivity index (χ4n) is 13.4. The predicted octanol–water partition coefficient (Wildman–Crippen LogP) is 10.8. The first-order valence-electron chi connectivity index (χ1n) is 36.0. The number of benzene rings is 9. The molecule has 0 aromatic heterocycles. The molecule has 0 fully saturated rings. The Morgan fingerprint density at radius 1 is 0.500 bits per heavy atom. The van der Waals surface area contributed by atoms with E-state index < -0.39 is 135 Å². The highest BCUT2D eigenvalue weighted by Gasteiger charge is 2.42. The number of carboxylic acids is 1. The standard InChI is InChI=1S/C82H78Cl2N8O20/c1-3-5-7-41-9-13-43(14-10-41)39-108-85-25-26-107-75-65-34-50-35-66(75)112-63-24-20-48(32-57(63)84)74(98)73-81(104)90-72(82(105)106)55-37-52(94)38-61(97)67(55)54-31-46(18-21-59(54)95)68(77(100)91-73)88-79(102)70(50)89-78(101)69-49-29-51(93)36-53(30-49)110-64-33-47(19-22-60(64)96)71(92-109-40-44-15-11-42(12-16-44)8-6-4-2)80(103)86-58(76(99)87-69)28-45-17-23-62(111-65)56(83)27-45/h9-24,27,29-38,58,68-74,85,92-98H,3-8,25-26,28,39-40H2,1-2H3,(H,86,103)(H,87,99)(H,88,102)(H,89,101)(H,90,104)(H,91,100)(H,105,106)/t58-,68-,69+,70-,71+,72+,73+,74-/m1/s1. The Hall–Kier alpha value is -12.2. The summed E-state index contributed by atoms with van der Waals surface area (Å²) in [6, 6.07) is 25.0. The van der Waals surface area contributed by atoms with Crippen molar-refractivity contribution in [1.29, 1.82) is 0 Å². The maximum atomic E-state index is 16.3. The van der Waals surface area contributed by atoms with E-state index in [1.54, 1.807) is 6.07 Å². The van der Waals surface area contributed by atoms with Gasteiger partial charge in [0.2, 0.25) is 41.2 Å². The average molecular weight is 1570 g/mol. The number of fused-ring (bicyclic) bond motifs is 14. The van der Waals surface area contributed by atoms with Gasteiger partial charge in [-0.1, -0.05) is 123 Å². The molecule has 17 bridgehead atoms. The summed E-state index contributed by atoms with van der Waals surface area (Å²) in [5.74, 6) is -13.7. The van der Waals surface area contributed by atoms with E-state index in [2.05, 4.69) is 56.7 Å². The highest BCUT2D eigenvalue weighted by molar-refractivity contribution is 6.32. The molecule has 0 aliphatic carbocycles. The Kier molecular flexibility index (Phi) is 24.0. The Morgan fingerprint density at radius 2 is 1.06 bits per heavy atom. The number of carbonyl (C=O) groups excluding carboxylic acids is 6. The number of aromatic hydroxyl groups is 5. The van der Waals surface area contributed by atoms with Crippen LogP contribution in [0.25, 0.3) is 11.1 Å². The molecule has 30 heteroatoms. The molecule has 580 valence electrons. The fraction of sp³-hybridized carbons (Fsp3) is 0.256. The van der Waals surface area contributed by atoms with Gasteiger partial charge in [-0.25, -0.2) is 4.79 Å². The number of ether oxygens (including phenoxy) is 4. The molecule has 9 aromatic carbocycles. The van der Waals surface area contributed by atoms with Crippen molar-refractivity contribution >= 4 is 64.6 Å². The lowest BCUT2D eigenvalue weighted by molar-refractivity contribution is -0.143. The van der Waals surface area contributed by atoms with Crippen molar-refractivity contribution < 1.29 is 97.9 Å². The van der Waals surface area contributed by atoms with Gasteiger partial charge in [0.05, 0.1) is 29.8 Å². The summed E-state index contributed by atoms with van der Waals surface area (Å²) in [6.07, 6.45) is 3.38. The van der Waals surface area contributed by atoms with Crippen LogP contribution in [0.2, 0.25) is 10.0 Å². The summed E-state index contributed by atoms with van der Waals surface area (Å²) >= 11 is 14.4. The molecule has 6 heterocycles. The van der Waals surface area contributed by atoms with Crippen molar-refractivity contribution in [2.45, 2.75) is 120 Å². The lowest BCUT2D eigenvalue weighted by Crippen LogP contribution is -2.55. The number of hydroxylamine groups is 2. The van der Waals surface area contributed by atoms with E-state index in [0.29, 0.717) is 5.56 Å².